The van der Waals surface area contributed by atoms with Crippen LogP contribution in [0.3, 0.4) is 0 Å². The molecule has 4 rings (SSSR count). The highest BCUT2D eigenvalue weighted by Gasteiger charge is 2.12. The Bertz CT molecular complexity index is 973. The van der Waals surface area contributed by atoms with Crippen LogP contribution >= 0.6 is 11.8 Å². The summed E-state index contributed by atoms with van der Waals surface area (Å²) in [6, 6.07) is 29.0. The van der Waals surface area contributed by atoms with E-state index < -0.39 is 0 Å². The lowest BCUT2D eigenvalue weighted by Gasteiger charge is -2.13. The molecule has 0 aliphatic carbocycles. The molecule has 0 N–H and O–H groups in total. The van der Waals surface area contributed by atoms with E-state index >= 15 is 0 Å². The van der Waals surface area contributed by atoms with Crippen LogP contribution in [-0.4, -0.2) is 0 Å². The van der Waals surface area contributed by atoms with Gasteiger partial charge in [0.25, 0.3) is 0 Å². The number of hydrogen-bond donors (Lipinski definition) is 0. The standard InChI is InChI=1S/C24H16F2S/c25-19-11-13-23(21(15-19)17-7-3-1-4-8-17)27-24-14-12-20(26)16-22(24)18-9-5-2-6-10-18/h1-16H. The molecule has 0 aliphatic heterocycles. The molecule has 0 fully saturated rings. The molecule has 0 saturated heterocycles. The summed E-state index contributed by atoms with van der Waals surface area (Å²) in [5.41, 5.74) is 3.54. The molecule has 132 valence electrons. The Morgan fingerprint density at radius 1 is 0.481 bits per heavy atom. The molecule has 0 nitrogen and oxygen atoms in total. The maximum Gasteiger partial charge on any atom is 0.123 e. The SMILES string of the molecule is Fc1ccc(Sc2ccc(F)cc2-c2ccccc2)c(-c2ccccc2)c1. The lowest BCUT2D eigenvalue weighted by Crippen LogP contribution is -1.88. The zero-order chi connectivity index (χ0) is 18.6. The van der Waals surface area contributed by atoms with Crippen molar-refractivity contribution < 1.29 is 8.78 Å². The first-order chi connectivity index (χ1) is 13.2. The molecular weight excluding hydrogens is 358 g/mol. The zero-order valence-electron chi connectivity index (χ0n) is 14.4. The van der Waals surface area contributed by atoms with E-state index in [4.69, 9.17) is 0 Å². The van der Waals surface area contributed by atoms with Gasteiger partial charge in [-0.3, -0.25) is 0 Å². The minimum atomic E-state index is -0.277. The summed E-state index contributed by atoms with van der Waals surface area (Å²) in [5, 5.41) is 0. The smallest absolute Gasteiger partial charge is 0.123 e. The molecule has 0 spiro atoms. The predicted molar refractivity (Wildman–Crippen MR) is 108 cm³/mol. The van der Waals surface area contributed by atoms with E-state index in [1.807, 2.05) is 60.7 Å². The maximum atomic E-state index is 13.9. The monoisotopic (exact) mass is 374 g/mol. The van der Waals surface area contributed by atoms with Gasteiger partial charge in [-0.15, -0.1) is 0 Å². The summed E-state index contributed by atoms with van der Waals surface area (Å²) in [6.45, 7) is 0. The van der Waals surface area contributed by atoms with Gasteiger partial charge in [-0.25, -0.2) is 8.78 Å². The quantitative estimate of drug-likeness (QED) is 0.357. The van der Waals surface area contributed by atoms with Gasteiger partial charge in [-0.2, -0.15) is 0 Å². The van der Waals surface area contributed by atoms with E-state index in [2.05, 4.69) is 0 Å². The molecule has 0 aromatic heterocycles. The maximum absolute atomic E-state index is 13.9. The first kappa shape index (κ1) is 17.5. The van der Waals surface area contributed by atoms with Gasteiger partial charge in [0, 0.05) is 9.79 Å². The fourth-order valence-corrected chi connectivity index (χ4v) is 4.07. The van der Waals surface area contributed by atoms with E-state index in [1.54, 1.807) is 24.3 Å². The molecule has 3 heteroatoms. The van der Waals surface area contributed by atoms with Crippen LogP contribution in [0.25, 0.3) is 22.3 Å². The second-order valence-corrected chi connectivity index (χ2v) is 7.20. The highest BCUT2D eigenvalue weighted by molar-refractivity contribution is 7.99. The van der Waals surface area contributed by atoms with Crippen LogP contribution in [0.1, 0.15) is 0 Å². The van der Waals surface area contributed by atoms with Gasteiger partial charge in [-0.1, -0.05) is 72.4 Å². The molecule has 0 atom stereocenters. The number of benzene rings is 4. The van der Waals surface area contributed by atoms with Gasteiger partial charge in [-0.05, 0) is 58.7 Å². The minimum absolute atomic E-state index is 0.277. The van der Waals surface area contributed by atoms with Crippen LogP contribution in [0.15, 0.2) is 107 Å². The third-order valence-electron chi connectivity index (χ3n) is 4.27. The number of halogens is 2. The van der Waals surface area contributed by atoms with Crippen LogP contribution in [0.5, 0.6) is 0 Å². The van der Waals surface area contributed by atoms with Crippen molar-refractivity contribution in [3.8, 4) is 22.3 Å². The molecule has 0 saturated carbocycles. The highest BCUT2D eigenvalue weighted by Crippen LogP contribution is 2.41. The molecule has 0 heterocycles. The molecule has 27 heavy (non-hydrogen) atoms. The molecule has 0 amide bonds. The zero-order valence-corrected chi connectivity index (χ0v) is 15.2. The van der Waals surface area contributed by atoms with E-state index in [0.29, 0.717) is 0 Å². The van der Waals surface area contributed by atoms with E-state index in [0.717, 1.165) is 32.0 Å². The van der Waals surface area contributed by atoms with Gasteiger partial charge < -0.3 is 0 Å². The van der Waals surface area contributed by atoms with Gasteiger partial charge in [0.1, 0.15) is 11.6 Å². The van der Waals surface area contributed by atoms with Crippen molar-refractivity contribution in [3.63, 3.8) is 0 Å². The first-order valence-electron chi connectivity index (χ1n) is 8.58. The van der Waals surface area contributed by atoms with Crippen molar-refractivity contribution in [1.29, 1.82) is 0 Å². The summed E-state index contributed by atoms with van der Waals surface area (Å²) in [5.74, 6) is -0.554. The van der Waals surface area contributed by atoms with Crippen LogP contribution in [-0.2, 0) is 0 Å². The van der Waals surface area contributed by atoms with Crippen molar-refractivity contribution in [2.45, 2.75) is 9.79 Å². The minimum Gasteiger partial charge on any atom is -0.207 e. The number of hydrogen-bond acceptors (Lipinski definition) is 1. The van der Waals surface area contributed by atoms with Crippen molar-refractivity contribution in [1.82, 2.24) is 0 Å². The van der Waals surface area contributed by atoms with Crippen molar-refractivity contribution in [2.75, 3.05) is 0 Å². The largest absolute Gasteiger partial charge is 0.207 e. The van der Waals surface area contributed by atoms with Crippen LogP contribution in [0.4, 0.5) is 8.78 Å². The third-order valence-corrected chi connectivity index (χ3v) is 5.42. The van der Waals surface area contributed by atoms with Crippen molar-refractivity contribution in [3.05, 3.63) is 109 Å². The summed E-state index contributed by atoms with van der Waals surface area (Å²) in [7, 11) is 0. The Kier molecular flexibility index (Phi) is 5.03. The Hall–Kier alpha value is -2.91. The average Bonchev–Trinajstić information content (AvgIpc) is 2.72. The summed E-state index contributed by atoms with van der Waals surface area (Å²) in [6.07, 6.45) is 0. The van der Waals surface area contributed by atoms with Crippen molar-refractivity contribution >= 4 is 11.8 Å². The average molecular weight is 374 g/mol. The highest BCUT2D eigenvalue weighted by atomic mass is 32.2. The topological polar surface area (TPSA) is 0 Å². The Balaban J connectivity index is 1.80. The Morgan fingerprint density at radius 2 is 0.889 bits per heavy atom. The van der Waals surface area contributed by atoms with Gasteiger partial charge in [0.2, 0.25) is 0 Å². The first-order valence-corrected chi connectivity index (χ1v) is 9.40. The lowest BCUT2D eigenvalue weighted by molar-refractivity contribution is 0.627. The molecule has 4 aromatic rings. The lowest BCUT2D eigenvalue weighted by atomic mass is 10.1. The summed E-state index contributed by atoms with van der Waals surface area (Å²) >= 11 is 1.51. The summed E-state index contributed by atoms with van der Waals surface area (Å²) in [4.78, 5) is 1.85. The fourth-order valence-electron chi connectivity index (χ4n) is 2.99. The third kappa shape index (κ3) is 3.93. The normalized spacial score (nSPS) is 10.7. The van der Waals surface area contributed by atoms with E-state index in [1.165, 1.54) is 23.9 Å². The second kappa shape index (κ2) is 7.77. The molecule has 0 unspecified atom stereocenters. The van der Waals surface area contributed by atoms with Crippen molar-refractivity contribution in [2.24, 2.45) is 0 Å². The molecule has 0 aliphatic rings. The summed E-state index contributed by atoms with van der Waals surface area (Å²) < 4.78 is 27.8. The van der Waals surface area contributed by atoms with E-state index in [9.17, 15) is 8.78 Å². The van der Waals surface area contributed by atoms with Gasteiger partial charge in [0.15, 0.2) is 0 Å². The molecule has 0 bridgehead atoms. The Morgan fingerprint density at radius 3 is 1.30 bits per heavy atom. The Labute approximate surface area is 161 Å². The fraction of sp³-hybridized carbons (Fsp3) is 0. The predicted octanol–water partition coefficient (Wildman–Crippen LogP) is 7.45. The number of rotatable bonds is 4. The molecule has 4 aromatic carbocycles. The van der Waals surface area contributed by atoms with Gasteiger partial charge in [0.05, 0.1) is 0 Å². The molecule has 0 radical (unpaired) electrons. The van der Waals surface area contributed by atoms with Crippen LogP contribution < -0.4 is 0 Å². The second-order valence-electron chi connectivity index (χ2n) is 6.12. The van der Waals surface area contributed by atoms with E-state index in [-0.39, 0.29) is 11.6 Å². The van der Waals surface area contributed by atoms with Crippen LogP contribution in [0, 0.1) is 11.6 Å². The van der Waals surface area contributed by atoms with Crippen LogP contribution in [0.2, 0.25) is 0 Å². The van der Waals surface area contributed by atoms with Gasteiger partial charge >= 0.3 is 0 Å². The molecular formula is C24H16F2S.